The molecule has 0 aromatic carbocycles. The van der Waals surface area contributed by atoms with Gasteiger partial charge < -0.3 is 10.6 Å². The summed E-state index contributed by atoms with van der Waals surface area (Å²) in [5.41, 5.74) is 2.00. The van der Waals surface area contributed by atoms with E-state index in [-0.39, 0.29) is 5.91 Å². The van der Waals surface area contributed by atoms with Crippen LogP contribution in [0.2, 0.25) is 0 Å². The number of carbonyl (C=O) groups is 1. The Morgan fingerprint density at radius 2 is 2.18 bits per heavy atom. The van der Waals surface area contributed by atoms with Gasteiger partial charge in [-0.15, -0.1) is 0 Å². The summed E-state index contributed by atoms with van der Waals surface area (Å²) >= 11 is 0. The molecule has 3 rings (SSSR count). The highest BCUT2D eigenvalue weighted by Gasteiger charge is 2.20. The van der Waals surface area contributed by atoms with Crippen molar-refractivity contribution in [1.82, 2.24) is 20.6 Å². The molecule has 22 heavy (non-hydrogen) atoms. The maximum Gasteiger partial charge on any atom is 0.220 e. The van der Waals surface area contributed by atoms with Crippen LogP contribution in [0.1, 0.15) is 61.7 Å². The maximum atomic E-state index is 11.9. The Kier molecular flexibility index (Phi) is 5.03. The molecule has 1 aliphatic heterocycles. The van der Waals surface area contributed by atoms with Crippen LogP contribution in [0.25, 0.3) is 0 Å². The predicted molar refractivity (Wildman–Crippen MR) is 85.7 cm³/mol. The fourth-order valence-corrected chi connectivity index (χ4v) is 3.14. The minimum Gasteiger partial charge on any atom is -0.353 e. The Hall–Kier alpha value is -1.49. The molecule has 0 spiro atoms. The smallest absolute Gasteiger partial charge is 0.220 e. The van der Waals surface area contributed by atoms with Crippen molar-refractivity contribution in [2.75, 3.05) is 13.1 Å². The lowest BCUT2D eigenvalue weighted by atomic mass is 9.93. The summed E-state index contributed by atoms with van der Waals surface area (Å²) in [5, 5.41) is 6.50. The second-order valence-electron chi connectivity index (χ2n) is 6.60. The number of rotatable bonds is 5. The molecule has 5 nitrogen and oxygen atoms in total. The van der Waals surface area contributed by atoms with Crippen LogP contribution in [0.5, 0.6) is 0 Å². The molecule has 1 aromatic heterocycles. The van der Waals surface area contributed by atoms with Gasteiger partial charge >= 0.3 is 0 Å². The average Bonchev–Trinajstić information content (AvgIpc) is 2.49. The molecule has 1 aliphatic carbocycles. The van der Waals surface area contributed by atoms with Crippen LogP contribution in [0, 0.1) is 6.92 Å². The third kappa shape index (κ3) is 4.03. The van der Waals surface area contributed by atoms with Crippen molar-refractivity contribution in [2.24, 2.45) is 0 Å². The number of aryl methyl sites for hydroxylation is 2. The zero-order valence-electron chi connectivity index (χ0n) is 13.4. The standard InChI is InChI=1S/C17H26N4O/c1-12-10-15(7-8-16(22)20-14-5-2-6-14)21-17(19-12)13-4-3-9-18-11-13/h10,13-14,18H,2-9,11H2,1H3,(H,20,22)/t13-/m1/s1. The van der Waals surface area contributed by atoms with E-state index < -0.39 is 0 Å². The topological polar surface area (TPSA) is 66.9 Å². The van der Waals surface area contributed by atoms with Crippen LogP contribution in [-0.4, -0.2) is 35.0 Å². The van der Waals surface area contributed by atoms with Gasteiger partial charge in [0.15, 0.2) is 0 Å². The van der Waals surface area contributed by atoms with E-state index in [2.05, 4.69) is 15.6 Å². The van der Waals surface area contributed by atoms with Crippen LogP contribution in [0.4, 0.5) is 0 Å². The van der Waals surface area contributed by atoms with Crippen molar-refractivity contribution in [2.45, 2.75) is 63.8 Å². The molecule has 2 N–H and O–H groups in total. The first kappa shape index (κ1) is 15.4. The zero-order valence-corrected chi connectivity index (χ0v) is 13.4. The van der Waals surface area contributed by atoms with Gasteiger partial charge in [0, 0.05) is 36.3 Å². The SMILES string of the molecule is Cc1cc(CCC(=O)NC2CCC2)nc([C@@H]2CCCNC2)n1. The Morgan fingerprint density at radius 3 is 2.86 bits per heavy atom. The number of hydrogen-bond acceptors (Lipinski definition) is 4. The van der Waals surface area contributed by atoms with Crippen molar-refractivity contribution in [3.63, 3.8) is 0 Å². The van der Waals surface area contributed by atoms with Crippen molar-refractivity contribution in [3.05, 3.63) is 23.3 Å². The number of piperidine rings is 1. The van der Waals surface area contributed by atoms with Crippen molar-refractivity contribution in [3.8, 4) is 0 Å². The molecule has 0 bridgehead atoms. The van der Waals surface area contributed by atoms with E-state index in [4.69, 9.17) is 4.98 Å². The van der Waals surface area contributed by atoms with Crippen molar-refractivity contribution in [1.29, 1.82) is 0 Å². The molecule has 2 heterocycles. The summed E-state index contributed by atoms with van der Waals surface area (Å²) in [6.07, 6.45) is 7.08. The summed E-state index contributed by atoms with van der Waals surface area (Å²) < 4.78 is 0. The summed E-state index contributed by atoms with van der Waals surface area (Å²) in [4.78, 5) is 21.2. The van der Waals surface area contributed by atoms with Gasteiger partial charge in [0.25, 0.3) is 0 Å². The van der Waals surface area contributed by atoms with Gasteiger partial charge in [0.05, 0.1) is 0 Å². The maximum absolute atomic E-state index is 11.9. The summed E-state index contributed by atoms with van der Waals surface area (Å²) in [5.74, 6) is 1.51. The van der Waals surface area contributed by atoms with Gasteiger partial charge in [0.2, 0.25) is 5.91 Å². The molecule has 1 amide bonds. The highest BCUT2D eigenvalue weighted by molar-refractivity contribution is 5.76. The number of nitrogens with zero attached hydrogens (tertiary/aromatic N) is 2. The molecule has 120 valence electrons. The quantitative estimate of drug-likeness (QED) is 0.871. The monoisotopic (exact) mass is 302 g/mol. The largest absolute Gasteiger partial charge is 0.353 e. The number of amides is 1. The fraction of sp³-hybridized carbons (Fsp3) is 0.706. The highest BCUT2D eigenvalue weighted by Crippen LogP contribution is 2.21. The molecule has 1 atom stereocenters. The lowest BCUT2D eigenvalue weighted by Gasteiger charge is -2.26. The Labute approximate surface area is 132 Å². The van der Waals surface area contributed by atoms with E-state index in [9.17, 15) is 4.79 Å². The molecule has 5 heteroatoms. The van der Waals surface area contributed by atoms with E-state index in [0.717, 1.165) is 49.6 Å². The number of carbonyl (C=O) groups excluding carboxylic acids is 1. The Morgan fingerprint density at radius 1 is 1.32 bits per heavy atom. The molecular formula is C17H26N4O. The Balaban J connectivity index is 1.57. The van der Waals surface area contributed by atoms with E-state index in [0.29, 0.717) is 24.8 Å². The van der Waals surface area contributed by atoms with Gasteiger partial charge in [-0.3, -0.25) is 4.79 Å². The first-order valence-corrected chi connectivity index (χ1v) is 8.55. The average molecular weight is 302 g/mol. The van der Waals surface area contributed by atoms with Crippen molar-refractivity contribution < 1.29 is 4.79 Å². The third-order valence-corrected chi connectivity index (χ3v) is 4.67. The van der Waals surface area contributed by atoms with Crippen LogP contribution >= 0.6 is 0 Å². The molecule has 1 aromatic rings. The van der Waals surface area contributed by atoms with Crippen molar-refractivity contribution >= 4 is 5.91 Å². The first-order valence-electron chi connectivity index (χ1n) is 8.55. The third-order valence-electron chi connectivity index (χ3n) is 4.67. The van der Waals surface area contributed by atoms with Gasteiger partial charge in [-0.2, -0.15) is 0 Å². The van der Waals surface area contributed by atoms with Crippen LogP contribution in [0.3, 0.4) is 0 Å². The van der Waals surface area contributed by atoms with Gasteiger partial charge in [0.1, 0.15) is 5.82 Å². The zero-order chi connectivity index (χ0) is 15.4. The molecular weight excluding hydrogens is 276 g/mol. The van der Waals surface area contributed by atoms with Gasteiger partial charge in [-0.05, 0) is 58.1 Å². The Bertz CT molecular complexity index is 521. The number of hydrogen-bond donors (Lipinski definition) is 2. The van der Waals surface area contributed by atoms with Gasteiger partial charge in [-0.1, -0.05) is 0 Å². The van der Waals surface area contributed by atoms with Crippen LogP contribution in [-0.2, 0) is 11.2 Å². The van der Waals surface area contributed by atoms with Crippen LogP contribution < -0.4 is 10.6 Å². The normalized spacial score (nSPS) is 22.1. The summed E-state index contributed by atoms with van der Waals surface area (Å²) in [6.45, 7) is 4.07. The van der Waals surface area contributed by atoms with E-state index in [1.165, 1.54) is 12.8 Å². The minimum absolute atomic E-state index is 0.154. The second kappa shape index (κ2) is 7.18. The molecule has 0 radical (unpaired) electrons. The second-order valence-corrected chi connectivity index (χ2v) is 6.60. The molecule has 1 saturated carbocycles. The van der Waals surface area contributed by atoms with E-state index in [1.807, 2.05) is 13.0 Å². The summed E-state index contributed by atoms with van der Waals surface area (Å²) in [6, 6.07) is 2.43. The lowest BCUT2D eigenvalue weighted by Crippen LogP contribution is -2.39. The lowest BCUT2D eigenvalue weighted by molar-refractivity contribution is -0.122. The van der Waals surface area contributed by atoms with E-state index in [1.54, 1.807) is 0 Å². The summed E-state index contributed by atoms with van der Waals surface area (Å²) in [7, 11) is 0. The predicted octanol–water partition coefficient (Wildman–Crippen LogP) is 1.85. The first-order chi connectivity index (χ1) is 10.7. The van der Waals surface area contributed by atoms with Gasteiger partial charge in [-0.25, -0.2) is 9.97 Å². The molecule has 0 unspecified atom stereocenters. The van der Waals surface area contributed by atoms with E-state index >= 15 is 0 Å². The number of nitrogens with one attached hydrogen (secondary N) is 2. The molecule has 2 aliphatic rings. The fourth-order valence-electron chi connectivity index (χ4n) is 3.14. The number of aromatic nitrogens is 2. The molecule has 2 fully saturated rings. The molecule has 1 saturated heterocycles. The van der Waals surface area contributed by atoms with Crippen LogP contribution in [0.15, 0.2) is 6.07 Å². The highest BCUT2D eigenvalue weighted by atomic mass is 16.1. The minimum atomic E-state index is 0.154.